The van der Waals surface area contributed by atoms with Gasteiger partial charge in [0.2, 0.25) is 10.0 Å². The molecule has 1 aromatic rings. The van der Waals surface area contributed by atoms with E-state index in [1.807, 2.05) is 39.0 Å². The van der Waals surface area contributed by atoms with E-state index >= 15 is 0 Å². The van der Waals surface area contributed by atoms with Crippen LogP contribution < -0.4 is 10.0 Å². The minimum absolute atomic E-state index is 0.153. The molecule has 0 aromatic heterocycles. The fourth-order valence-corrected chi connectivity index (χ4v) is 3.56. The van der Waals surface area contributed by atoms with Crippen molar-refractivity contribution in [3.05, 3.63) is 29.3 Å². The number of nitrogens with zero attached hydrogens (tertiary/aromatic N) is 1. The maximum absolute atomic E-state index is 12.2. The zero-order chi connectivity index (χ0) is 13.8. The molecule has 1 aromatic carbocycles. The molecule has 5 heteroatoms. The van der Waals surface area contributed by atoms with Gasteiger partial charge in [0, 0.05) is 13.1 Å². The zero-order valence-electron chi connectivity index (χ0n) is 11.3. The highest BCUT2D eigenvalue weighted by Crippen LogP contribution is 2.21. The predicted molar refractivity (Wildman–Crippen MR) is 76.4 cm³/mol. The highest BCUT2D eigenvalue weighted by Gasteiger charge is 2.21. The molecule has 0 saturated heterocycles. The molecule has 102 valence electrons. The maximum Gasteiger partial charge on any atom is 0.235 e. The summed E-state index contributed by atoms with van der Waals surface area (Å²) in [7, 11) is -3.27. The first-order chi connectivity index (χ1) is 8.40. The Labute approximate surface area is 110 Å². The normalized spacial score (nSPS) is 11.6. The van der Waals surface area contributed by atoms with E-state index in [0.717, 1.165) is 11.1 Å². The van der Waals surface area contributed by atoms with Gasteiger partial charge in [0.25, 0.3) is 0 Å². The van der Waals surface area contributed by atoms with Crippen molar-refractivity contribution < 1.29 is 8.42 Å². The summed E-state index contributed by atoms with van der Waals surface area (Å²) < 4.78 is 25.9. The molecule has 2 N–H and O–H groups in total. The van der Waals surface area contributed by atoms with E-state index in [2.05, 4.69) is 0 Å². The summed E-state index contributed by atoms with van der Waals surface area (Å²) in [6.45, 7) is 6.42. The first kappa shape index (κ1) is 15.0. The lowest BCUT2D eigenvalue weighted by Crippen LogP contribution is -2.37. The van der Waals surface area contributed by atoms with E-state index in [9.17, 15) is 8.42 Å². The van der Waals surface area contributed by atoms with Crippen molar-refractivity contribution in [1.82, 2.24) is 0 Å². The molecule has 18 heavy (non-hydrogen) atoms. The van der Waals surface area contributed by atoms with Gasteiger partial charge in [-0.05, 0) is 43.5 Å². The van der Waals surface area contributed by atoms with Crippen LogP contribution in [0.25, 0.3) is 0 Å². The van der Waals surface area contributed by atoms with Crippen LogP contribution in [0.2, 0.25) is 0 Å². The van der Waals surface area contributed by atoms with E-state index in [1.165, 1.54) is 4.31 Å². The van der Waals surface area contributed by atoms with Crippen molar-refractivity contribution in [3.8, 4) is 0 Å². The SMILES string of the molecule is CCCS(=O)(=O)N(CCN)c1cc(C)cc(C)c1. The number of rotatable bonds is 6. The standard InChI is InChI=1S/C13H22N2O2S/c1-4-7-18(16,17)15(6-5-14)13-9-11(2)8-12(3)10-13/h8-10H,4-7,14H2,1-3H3. The Morgan fingerprint density at radius 3 is 2.17 bits per heavy atom. The summed E-state index contributed by atoms with van der Waals surface area (Å²) in [5.41, 5.74) is 8.35. The van der Waals surface area contributed by atoms with Gasteiger partial charge in [-0.25, -0.2) is 8.42 Å². The van der Waals surface area contributed by atoms with E-state index in [0.29, 0.717) is 25.2 Å². The van der Waals surface area contributed by atoms with Crippen LogP contribution in [0.3, 0.4) is 0 Å². The molecule has 0 unspecified atom stereocenters. The first-order valence-electron chi connectivity index (χ1n) is 6.19. The molecule has 0 heterocycles. The summed E-state index contributed by atoms with van der Waals surface area (Å²) in [6.07, 6.45) is 0.605. The quantitative estimate of drug-likeness (QED) is 0.857. The maximum atomic E-state index is 12.2. The molecule has 0 aliphatic carbocycles. The smallest absolute Gasteiger partial charge is 0.235 e. The first-order valence-corrected chi connectivity index (χ1v) is 7.80. The topological polar surface area (TPSA) is 63.4 Å². The van der Waals surface area contributed by atoms with Crippen molar-refractivity contribution in [2.45, 2.75) is 27.2 Å². The molecular weight excluding hydrogens is 248 g/mol. The summed E-state index contributed by atoms with van der Waals surface area (Å²) in [6, 6.07) is 5.79. The second-order valence-electron chi connectivity index (χ2n) is 4.52. The Bertz CT molecular complexity index is 477. The summed E-state index contributed by atoms with van der Waals surface area (Å²) in [5, 5.41) is 0. The second-order valence-corrected chi connectivity index (χ2v) is 6.54. The number of hydrogen-bond acceptors (Lipinski definition) is 3. The highest BCUT2D eigenvalue weighted by atomic mass is 32.2. The van der Waals surface area contributed by atoms with Crippen molar-refractivity contribution in [1.29, 1.82) is 0 Å². The van der Waals surface area contributed by atoms with Gasteiger partial charge >= 0.3 is 0 Å². The average Bonchev–Trinajstić information content (AvgIpc) is 2.24. The van der Waals surface area contributed by atoms with E-state index in [4.69, 9.17) is 5.73 Å². The Hall–Kier alpha value is -1.07. The molecule has 4 nitrogen and oxygen atoms in total. The lowest BCUT2D eigenvalue weighted by molar-refractivity contribution is 0.589. The third kappa shape index (κ3) is 3.71. The zero-order valence-corrected chi connectivity index (χ0v) is 12.1. The van der Waals surface area contributed by atoms with Crippen LogP contribution in [-0.4, -0.2) is 27.3 Å². The van der Waals surface area contributed by atoms with E-state index in [-0.39, 0.29) is 5.75 Å². The van der Waals surface area contributed by atoms with Crippen LogP contribution in [0, 0.1) is 13.8 Å². The van der Waals surface area contributed by atoms with Gasteiger partial charge in [0.05, 0.1) is 11.4 Å². The Morgan fingerprint density at radius 2 is 1.72 bits per heavy atom. The monoisotopic (exact) mass is 270 g/mol. The molecular formula is C13H22N2O2S. The number of anilines is 1. The predicted octanol–water partition coefficient (Wildman–Crippen LogP) is 1.81. The molecule has 0 amide bonds. The molecule has 0 radical (unpaired) electrons. The third-order valence-corrected chi connectivity index (χ3v) is 4.61. The van der Waals surface area contributed by atoms with Crippen molar-refractivity contribution in [2.75, 3.05) is 23.1 Å². The van der Waals surface area contributed by atoms with Crippen LogP contribution in [-0.2, 0) is 10.0 Å². The molecule has 0 spiro atoms. The van der Waals surface area contributed by atoms with Gasteiger partial charge in [-0.15, -0.1) is 0 Å². The number of aryl methyl sites for hydroxylation is 2. The van der Waals surface area contributed by atoms with Crippen LogP contribution >= 0.6 is 0 Å². The van der Waals surface area contributed by atoms with Gasteiger partial charge in [-0.1, -0.05) is 13.0 Å². The van der Waals surface area contributed by atoms with Gasteiger partial charge in [-0.2, -0.15) is 0 Å². The van der Waals surface area contributed by atoms with E-state index in [1.54, 1.807) is 0 Å². The molecule has 0 saturated carbocycles. The molecule has 0 atom stereocenters. The Balaban J connectivity index is 3.19. The Kier molecular flexibility index (Phi) is 5.16. The molecule has 1 rings (SSSR count). The van der Waals surface area contributed by atoms with Gasteiger partial charge in [0.1, 0.15) is 0 Å². The fourth-order valence-electron chi connectivity index (χ4n) is 2.01. The lowest BCUT2D eigenvalue weighted by Gasteiger charge is -2.24. The highest BCUT2D eigenvalue weighted by molar-refractivity contribution is 7.92. The number of hydrogen-bond donors (Lipinski definition) is 1. The minimum atomic E-state index is -3.27. The van der Waals surface area contributed by atoms with Crippen LogP contribution in [0.4, 0.5) is 5.69 Å². The fraction of sp³-hybridized carbons (Fsp3) is 0.538. The van der Waals surface area contributed by atoms with Gasteiger partial charge in [0.15, 0.2) is 0 Å². The molecule has 0 fully saturated rings. The van der Waals surface area contributed by atoms with Crippen LogP contribution in [0.5, 0.6) is 0 Å². The van der Waals surface area contributed by atoms with E-state index < -0.39 is 10.0 Å². The van der Waals surface area contributed by atoms with Crippen molar-refractivity contribution in [2.24, 2.45) is 5.73 Å². The second kappa shape index (κ2) is 6.20. The van der Waals surface area contributed by atoms with Gasteiger partial charge < -0.3 is 5.73 Å². The number of benzene rings is 1. The molecule has 0 bridgehead atoms. The molecule has 0 aliphatic heterocycles. The third-order valence-electron chi connectivity index (χ3n) is 2.62. The van der Waals surface area contributed by atoms with Crippen LogP contribution in [0.15, 0.2) is 18.2 Å². The minimum Gasteiger partial charge on any atom is -0.329 e. The van der Waals surface area contributed by atoms with Gasteiger partial charge in [-0.3, -0.25) is 4.31 Å². The van der Waals surface area contributed by atoms with Crippen molar-refractivity contribution >= 4 is 15.7 Å². The molecule has 0 aliphatic rings. The lowest BCUT2D eigenvalue weighted by atomic mass is 10.1. The summed E-state index contributed by atoms with van der Waals surface area (Å²) in [5.74, 6) is 0.153. The average molecular weight is 270 g/mol. The van der Waals surface area contributed by atoms with Crippen LogP contribution in [0.1, 0.15) is 24.5 Å². The van der Waals surface area contributed by atoms with Crippen molar-refractivity contribution in [3.63, 3.8) is 0 Å². The summed E-state index contributed by atoms with van der Waals surface area (Å²) in [4.78, 5) is 0. The largest absolute Gasteiger partial charge is 0.329 e. The summed E-state index contributed by atoms with van der Waals surface area (Å²) >= 11 is 0. The number of sulfonamides is 1. The number of nitrogens with two attached hydrogens (primary N) is 1. The Morgan fingerprint density at radius 1 is 1.17 bits per heavy atom.